The minimum Gasteiger partial charge on any atom is -0.338 e. The van der Waals surface area contributed by atoms with Crippen LogP contribution in [-0.4, -0.2) is 64.7 Å². The summed E-state index contributed by atoms with van der Waals surface area (Å²) >= 11 is 0. The molecule has 0 bridgehead atoms. The lowest BCUT2D eigenvalue weighted by Gasteiger charge is -2.34. The average Bonchev–Trinajstić information content (AvgIpc) is 3.16. The Balaban J connectivity index is 1.40. The number of fused-ring (bicyclic) bond motifs is 1. The molecule has 1 aliphatic heterocycles. The molecule has 0 unspecified atom stereocenters. The molecule has 1 aliphatic rings. The van der Waals surface area contributed by atoms with Crippen molar-refractivity contribution in [3.8, 4) is 0 Å². The number of hydrogen-bond acceptors (Lipinski definition) is 5. The van der Waals surface area contributed by atoms with Crippen molar-refractivity contribution in [2.24, 2.45) is 0 Å². The molecule has 0 spiro atoms. The molecule has 4 rings (SSSR count). The van der Waals surface area contributed by atoms with Crippen LogP contribution in [0, 0.1) is 0 Å². The summed E-state index contributed by atoms with van der Waals surface area (Å²) in [5, 5.41) is 8.13. The quantitative estimate of drug-likeness (QED) is 0.620. The Morgan fingerprint density at radius 3 is 2.26 bits per heavy atom. The first kappa shape index (κ1) is 21.5. The molecule has 0 atom stereocenters. The molecule has 1 fully saturated rings. The Morgan fingerprint density at radius 2 is 1.61 bits per heavy atom. The molecule has 31 heavy (non-hydrogen) atoms. The van der Waals surface area contributed by atoms with E-state index >= 15 is 0 Å². The van der Waals surface area contributed by atoms with Gasteiger partial charge in [-0.05, 0) is 35.2 Å². The maximum Gasteiger partial charge on any atom is 0.244 e. The molecular formula is C22H27N5O3S. The van der Waals surface area contributed by atoms with Gasteiger partial charge in [0.1, 0.15) is 12.1 Å². The number of rotatable bonds is 4. The Labute approximate surface area is 182 Å². The van der Waals surface area contributed by atoms with Crippen LogP contribution >= 0.6 is 0 Å². The molecule has 0 radical (unpaired) electrons. The summed E-state index contributed by atoms with van der Waals surface area (Å²) in [5.41, 5.74) is 2.59. The summed E-state index contributed by atoms with van der Waals surface area (Å²) in [7, 11) is -3.58. The van der Waals surface area contributed by atoms with Gasteiger partial charge in [-0.2, -0.15) is 4.31 Å². The second-order valence-corrected chi connectivity index (χ2v) is 10.7. The number of amides is 1. The smallest absolute Gasteiger partial charge is 0.244 e. The van der Waals surface area contributed by atoms with E-state index in [4.69, 9.17) is 0 Å². The fourth-order valence-corrected chi connectivity index (χ4v) is 5.14. The minimum absolute atomic E-state index is 0.0380. The van der Waals surface area contributed by atoms with E-state index in [1.54, 1.807) is 21.7 Å². The lowest BCUT2D eigenvalue weighted by Crippen LogP contribution is -2.51. The van der Waals surface area contributed by atoms with Gasteiger partial charge in [-0.1, -0.05) is 50.3 Å². The van der Waals surface area contributed by atoms with Crippen molar-refractivity contribution < 1.29 is 13.2 Å². The number of sulfonamides is 1. The standard InChI is InChI=1S/C22H27N5O3S/c1-22(2,3)17-8-10-18(11-9-17)31(29,30)26-14-12-25(13-15-26)21(28)16-27-20-7-5-4-6-19(20)23-24-27/h4-11H,12-16H2,1-3H3. The van der Waals surface area contributed by atoms with Crippen LogP contribution in [0.4, 0.5) is 0 Å². The van der Waals surface area contributed by atoms with E-state index in [2.05, 4.69) is 31.1 Å². The van der Waals surface area contributed by atoms with Gasteiger partial charge in [0.2, 0.25) is 15.9 Å². The van der Waals surface area contributed by atoms with Crippen molar-refractivity contribution in [3.63, 3.8) is 0 Å². The number of carbonyl (C=O) groups excluding carboxylic acids is 1. The van der Waals surface area contributed by atoms with Crippen molar-refractivity contribution in [1.82, 2.24) is 24.2 Å². The van der Waals surface area contributed by atoms with Crippen molar-refractivity contribution in [1.29, 1.82) is 0 Å². The van der Waals surface area contributed by atoms with E-state index in [-0.39, 0.29) is 35.9 Å². The molecule has 0 saturated carbocycles. The number of nitrogens with zero attached hydrogens (tertiary/aromatic N) is 5. The molecule has 1 saturated heterocycles. The minimum atomic E-state index is -3.58. The third kappa shape index (κ3) is 4.33. The van der Waals surface area contributed by atoms with Crippen LogP contribution in [0.3, 0.4) is 0 Å². The van der Waals surface area contributed by atoms with Crippen LogP contribution in [0.2, 0.25) is 0 Å². The van der Waals surface area contributed by atoms with E-state index in [1.165, 1.54) is 4.31 Å². The van der Waals surface area contributed by atoms with Crippen molar-refractivity contribution in [2.45, 2.75) is 37.6 Å². The van der Waals surface area contributed by atoms with Gasteiger partial charge in [0.15, 0.2) is 0 Å². The van der Waals surface area contributed by atoms with Gasteiger partial charge in [0.25, 0.3) is 0 Å². The monoisotopic (exact) mass is 441 g/mol. The van der Waals surface area contributed by atoms with Gasteiger partial charge in [0.05, 0.1) is 10.4 Å². The van der Waals surface area contributed by atoms with Crippen LogP contribution < -0.4 is 0 Å². The molecule has 0 N–H and O–H groups in total. The molecule has 0 aliphatic carbocycles. The van der Waals surface area contributed by atoms with Gasteiger partial charge in [-0.15, -0.1) is 5.10 Å². The highest BCUT2D eigenvalue weighted by atomic mass is 32.2. The van der Waals surface area contributed by atoms with Crippen LogP contribution in [0.5, 0.6) is 0 Å². The predicted molar refractivity (Wildman–Crippen MR) is 118 cm³/mol. The van der Waals surface area contributed by atoms with E-state index in [0.717, 1.165) is 16.6 Å². The molecule has 1 amide bonds. The zero-order chi connectivity index (χ0) is 22.2. The Hall–Kier alpha value is -2.78. The van der Waals surface area contributed by atoms with Crippen LogP contribution in [0.25, 0.3) is 11.0 Å². The first-order chi connectivity index (χ1) is 14.7. The third-order valence-electron chi connectivity index (χ3n) is 5.65. The predicted octanol–water partition coefficient (Wildman–Crippen LogP) is 2.26. The SMILES string of the molecule is CC(C)(C)c1ccc(S(=O)(=O)N2CCN(C(=O)Cn3nnc4ccccc43)CC2)cc1. The largest absolute Gasteiger partial charge is 0.338 e. The topological polar surface area (TPSA) is 88.4 Å². The van der Waals surface area contributed by atoms with Crippen LogP contribution in [0.1, 0.15) is 26.3 Å². The summed E-state index contributed by atoms with van der Waals surface area (Å²) in [6.45, 7) is 7.61. The molecular weight excluding hydrogens is 414 g/mol. The maximum absolute atomic E-state index is 13.0. The summed E-state index contributed by atoms with van der Waals surface area (Å²) < 4.78 is 29.1. The Bertz CT molecular complexity index is 1190. The molecule has 1 aromatic heterocycles. The van der Waals surface area contributed by atoms with Gasteiger partial charge in [-0.25, -0.2) is 13.1 Å². The normalized spacial score (nSPS) is 16.0. The molecule has 3 aromatic rings. The number of piperazine rings is 1. The molecule has 2 aromatic carbocycles. The van der Waals surface area contributed by atoms with Crippen LogP contribution in [-0.2, 0) is 26.8 Å². The van der Waals surface area contributed by atoms with E-state index in [0.29, 0.717) is 13.1 Å². The van der Waals surface area contributed by atoms with E-state index in [1.807, 2.05) is 36.4 Å². The number of benzene rings is 2. The molecule has 9 heteroatoms. The van der Waals surface area contributed by atoms with Crippen molar-refractivity contribution in [2.75, 3.05) is 26.2 Å². The number of carbonyl (C=O) groups is 1. The zero-order valence-corrected chi connectivity index (χ0v) is 18.8. The maximum atomic E-state index is 13.0. The third-order valence-corrected chi connectivity index (χ3v) is 7.57. The summed E-state index contributed by atoms with van der Waals surface area (Å²) in [5.74, 6) is -0.0952. The molecule has 8 nitrogen and oxygen atoms in total. The Kier molecular flexibility index (Phi) is 5.57. The summed E-state index contributed by atoms with van der Waals surface area (Å²) in [6, 6.07) is 14.6. The van der Waals surface area contributed by atoms with E-state index in [9.17, 15) is 13.2 Å². The van der Waals surface area contributed by atoms with Gasteiger partial charge in [0, 0.05) is 26.2 Å². The van der Waals surface area contributed by atoms with Gasteiger partial charge >= 0.3 is 0 Å². The fourth-order valence-electron chi connectivity index (χ4n) is 3.72. The lowest BCUT2D eigenvalue weighted by atomic mass is 9.87. The second kappa shape index (κ2) is 8.05. The highest BCUT2D eigenvalue weighted by molar-refractivity contribution is 7.89. The van der Waals surface area contributed by atoms with Crippen molar-refractivity contribution >= 4 is 27.0 Å². The van der Waals surface area contributed by atoms with Gasteiger partial charge < -0.3 is 4.90 Å². The van der Waals surface area contributed by atoms with Crippen LogP contribution in [0.15, 0.2) is 53.4 Å². The number of para-hydroxylation sites is 1. The Morgan fingerprint density at radius 1 is 0.968 bits per heavy atom. The zero-order valence-electron chi connectivity index (χ0n) is 18.0. The number of hydrogen-bond donors (Lipinski definition) is 0. The highest BCUT2D eigenvalue weighted by Gasteiger charge is 2.30. The fraction of sp³-hybridized carbons (Fsp3) is 0.409. The summed E-state index contributed by atoms with van der Waals surface area (Å²) in [4.78, 5) is 14.7. The highest BCUT2D eigenvalue weighted by Crippen LogP contribution is 2.25. The number of aromatic nitrogens is 3. The summed E-state index contributed by atoms with van der Waals surface area (Å²) in [6.07, 6.45) is 0. The molecule has 2 heterocycles. The lowest BCUT2D eigenvalue weighted by molar-refractivity contribution is -0.133. The van der Waals surface area contributed by atoms with Gasteiger partial charge in [-0.3, -0.25) is 4.79 Å². The van der Waals surface area contributed by atoms with E-state index < -0.39 is 10.0 Å². The first-order valence-corrected chi connectivity index (χ1v) is 11.8. The first-order valence-electron chi connectivity index (χ1n) is 10.3. The van der Waals surface area contributed by atoms with Crippen molar-refractivity contribution in [3.05, 3.63) is 54.1 Å². The average molecular weight is 442 g/mol. The molecule has 164 valence electrons. The second-order valence-electron chi connectivity index (χ2n) is 8.80.